The van der Waals surface area contributed by atoms with Gasteiger partial charge in [0, 0.05) is 12.2 Å². The highest BCUT2D eigenvalue weighted by molar-refractivity contribution is 5.40. The first-order chi connectivity index (χ1) is 7.25. The second kappa shape index (κ2) is 4.62. The summed E-state index contributed by atoms with van der Waals surface area (Å²) in [6.07, 6.45) is 6.70. The van der Waals surface area contributed by atoms with Crippen LogP contribution in [0.15, 0.2) is 12.3 Å². The molecule has 1 heterocycles. The van der Waals surface area contributed by atoms with Crippen LogP contribution in [-0.4, -0.2) is 17.6 Å². The van der Waals surface area contributed by atoms with E-state index in [0.29, 0.717) is 5.82 Å². The zero-order valence-electron chi connectivity index (χ0n) is 9.29. The Morgan fingerprint density at radius 1 is 1.53 bits per heavy atom. The number of nitrogens with zero attached hydrogens (tertiary/aromatic N) is 1. The number of hydrogen-bond acceptors (Lipinski definition) is 3. The van der Waals surface area contributed by atoms with Crippen molar-refractivity contribution < 1.29 is 0 Å². The van der Waals surface area contributed by atoms with Crippen LogP contribution in [0, 0.1) is 6.92 Å². The Balaban J connectivity index is 1.78. The molecule has 0 unspecified atom stereocenters. The predicted octanol–water partition coefficient (Wildman–Crippen LogP) is 1.66. The summed E-state index contributed by atoms with van der Waals surface area (Å²) in [6.45, 7) is 3.15. The van der Waals surface area contributed by atoms with Crippen LogP contribution in [0.1, 0.15) is 30.4 Å². The van der Waals surface area contributed by atoms with Crippen LogP contribution in [0.3, 0.4) is 0 Å². The molecule has 3 heteroatoms. The standard InChI is InChI=1S/C12H19N3/c1-9-7-10(12(13)15-8-9)3-2-6-14-11-4-5-11/h7-8,11,14H,2-6H2,1H3,(H2,13,15). The first-order valence-corrected chi connectivity index (χ1v) is 5.70. The molecule has 0 bridgehead atoms. The lowest BCUT2D eigenvalue weighted by Gasteiger charge is -2.06. The maximum atomic E-state index is 5.81. The minimum atomic E-state index is 0.687. The van der Waals surface area contributed by atoms with Crippen molar-refractivity contribution in [3.63, 3.8) is 0 Å². The van der Waals surface area contributed by atoms with E-state index in [9.17, 15) is 0 Å². The van der Waals surface area contributed by atoms with E-state index in [4.69, 9.17) is 5.73 Å². The number of rotatable bonds is 5. The molecule has 3 nitrogen and oxygen atoms in total. The molecule has 0 aliphatic heterocycles. The molecule has 2 rings (SSSR count). The third-order valence-corrected chi connectivity index (χ3v) is 2.77. The Hall–Kier alpha value is -1.09. The fraction of sp³-hybridized carbons (Fsp3) is 0.583. The molecule has 82 valence electrons. The van der Waals surface area contributed by atoms with Crippen molar-refractivity contribution >= 4 is 5.82 Å². The molecule has 3 N–H and O–H groups in total. The molecule has 0 saturated heterocycles. The molecule has 1 fully saturated rings. The van der Waals surface area contributed by atoms with Gasteiger partial charge in [0.15, 0.2) is 0 Å². The zero-order chi connectivity index (χ0) is 10.7. The molecule has 0 atom stereocenters. The monoisotopic (exact) mass is 205 g/mol. The van der Waals surface area contributed by atoms with Crippen molar-refractivity contribution in [1.82, 2.24) is 10.3 Å². The molecule has 1 aromatic rings. The first-order valence-electron chi connectivity index (χ1n) is 5.70. The lowest BCUT2D eigenvalue weighted by Crippen LogP contribution is -2.18. The lowest BCUT2D eigenvalue weighted by atomic mass is 10.1. The van der Waals surface area contributed by atoms with Crippen molar-refractivity contribution in [1.29, 1.82) is 0 Å². The van der Waals surface area contributed by atoms with Crippen molar-refractivity contribution in [3.05, 3.63) is 23.4 Å². The van der Waals surface area contributed by atoms with Gasteiger partial charge in [-0.15, -0.1) is 0 Å². The van der Waals surface area contributed by atoms with Gasteiger partial charge in [0.05, 0.1) is 0 Å². The number of aromatic nitrogens is 1. The average Bonchev–Trinajstić information content (AvgIpc) is 3.01. The van der Waals surface area contributed by atoms with Crippen molar-refractivity contribution in [2.45, 2.75) is 38.6 Å². The highest BCUT2D eigenvalue weighted by Gasteiger charge is 2.19. The number of nitrogens with one attached hydrogen (secondary N) is 1. The largest absolute Gasteiger partial charge is 0.383 e. The average molecular weight is 205 g/mol. The van der Waals surface area contributed by atoms with Crippen LogP contribution in [-0.2, 0) is 6.42 Å². The topological polar surface area (TPSA) is 50.9 Å². The Kier molecular flexibility index (Phi) is 3.21. The number of anilines is 1. The molecular formula is C12H19N3. The quantitative estimate of drug-likeness (QED) is 0.719. The number of pyridine rings is 1. The summed E-state index contributed by atoms with van der Waals surface area (Å²) in [5.41, 5.74) is 8.19. The SMILES string of the molecule is Cc1cnc(N)c(CCCNC2CC2)c1. The molecule has 1 aliphatic rings. The van der Waals surface area contributed by atoms with Crippen molar-refractivity contribution in [2.75, 3.05) is 12.3 Å². The number of hydrogen-bond donors (Lipinski definition) is 2. The number of nitrogens with two attached hydrogens (primary N) is 1. The molecule has 0 amide bonds. The number of aryl methyl sites for hydroxylation is 2. The third-order valence-electron chi connectivity index (χ3n) is 2.77. The first kappa shape index (κ1) is 10.4. The maximum Gasteiger partial charge on any atom is 0.126 e. The Labute approximate surface area is 91.1 Å². The van der Waals surface area contributed by atoms with Crippen LogP contribution in [0.5, 0.6) is 0 Å². The van der Waals surface area contributed by atoms with Gasteiger partial charge < -0.3 is 11.1 Å². The minimum Gasteiger partial charge on any atom is -0.383 e. The van der Waals surface area contributed by atoms with E-state index in [1.807, 2.05) is 6.20 Å². The van der Waals surface area contributed by atoms with Crippen LogP contribution < -0.4 is 11.1 Å². The second-order valence-electron chi connectivity index (χ2n) is 4.39. The fourth-order valence-electron chi connectivity index (χ4n) is 1.71. The van der Waals surface area contributed by atoms with E-state index >= 15 is 0 Å². The molecule has 0 spiro atoms. The van der Waals surface area contributed by atoms with Gasteiger partial charge in [-0.25, -0.2) is 4.98 Å². The third kappa shape index (κ3) is 3.20. The lowest BCUT2D eigenvalue weighted by molar-refractivity contribution is 0.645. The second-order valence-corrected chi connectivity index (χ2v) is 4.39. The van der Waals surface area contributed by atoms with E-state index in [0.717, 1.165) is 25.4 Å². The van der Waals surface area contributed by atoms with Gasteiger partial charge in [0.25, 0.3) is 0 Å². The summed E-state index contributed by atoms with van der Waals surface area (Å²) in [7, 11) is 0. The molecule has 1 saturated carbocycles. The zero-order valence-corrected chi connectivity index (χ0v) is 9.29. The normalized spacial score (nSPS) is 15.5. The van der Waals surface area contributed by atoms with Crippen LogP contribution >= 0.6 is 0 Å². The van der Waals surface area contributed by atoms with Crippen LogP contribution in [0.4, 0.5) is 5.82 Å². The van der Waals surface area contributed by atoms with Crippen molar-refractivity contribution in [2.24, 2.45) is 0 Å². The summed E-state index contributed by atoms with van der Waals surface area (Å²) < 4.78 is 0. The van der Waals surface area contributed by atoms with Gasteiger partial charge in [-0.2, -0.15) is 0 Å². The molecule has 1 aromatic heterocycles. The van der Waals surface area contributed by atoms with Gasteiger partial charge in [-0.1, -0.05) is 6.07 Å². The molecule has 0 radical (unpaired) electrons. The smallest absolute Gasteiger partial charge is 0.126 e. The molecule has 15 heavy (non-hydrogen) atoms. The summed E-state index contributed by atoms with van der Waals surface area (Å²) in [5, 5.41) is 3.50. The summed E-state index contributed by atoms with van der Waals surface area (Å²) in [6, 6.07) is 2.94. The van der Waals surface area contributed by atoms with E-state index < -0.39 is 0 Å². The molecular weight excluding hydrogens is 186 g/mol. The highest BCUT2D eigenvalue weighted by Crippen LogP contribution is 2.18. The molecule has 0 aromatic carbocycles. The van der Waals surface area contributed by atoms with Gasteiger partial charge in [0.2, 0.25) is 0 Å². The van der Waals surface area contributed by atoms with Gasteiger partial charge in [0.1, 0.15) is 5.82 Å². The maximum absolute atomic E-state index is 5.81. The highest BCUT2D eigenvalue weighted by atomic mass is 14.9. The van der Waals surface area contributed by atoms with E-state index in [1.54, 1.807) is 0 Å². The predicted molar refractivity (Wildman–Crippen MR) is 62.7 cm³/mol. The van der Waals surface area contributed by atoms with Gasteiger partial charge in [-0.05, 0) is 50.3 Å². The van der Waals surface area contributed by atoms with Gasteiger partial charge >= 0.3 is 0 Å². The molecule has 1 aliphatic carbocycles. The summed E-state index contributed by atoms with van der Waals surface area (Å²) in [5.74, 6) is 0.687. The van der Waals surface area contributed by atoms with Gasteiger partial charge in [-0.3, -0.25) is 0 Å². The summed E-state index contributed by atoms with van der Waals surface area (Å²) in [4.78, 5) is 4.16. The van der Waals surface area contributed by atoms with Crippen molar-refractivity contribution in [3.8, 4) is 0 Å². The van der Waals surface area contributed by atoms with E-state index in [-0.39, 0.29) is 0 Å². The fourth-order valence-corrected chi connectivity index (χ4v) is 1.71. The van der Waals surface area contributed by atoms with E-state index in [1.165, 1.54) is 24.0 Å². The Bertz CT molecular complexity index is 332. The van der Waals surface area contributed by atoms with Crippen LogP contribution in [0.2, 0.25) is 0 Å². The van der Waals surface area contributed by atoms with Crippen LogP contribution in [0.25, 0.3) is 0 Å². The number of nitrogen functional groups attached to an aromatic ring is 1. The van der Waals surface area contributed by atoms with E-state index in [2.05, 4.69) is 23.3 Å². The summed E-state index contributed by atoms with van der Waals surface area (Å²) >= 11 is 0. The Morgan fingerprint density at radius 3 is 3.07 bits per heavy atom. The Morgan fingerprint density at radius 2 is 2.33 bits per heavy atom. The minimum absolute atomic E-state index is 0.687.